The van der Waals surface area contributed by atoms with Gasteiger partial charge in [-0.05, 0) is 25.8 Å². The maximum Gasteiger partial charge on any atom is 0.223 e. The summed E-state index contributed by atoms with van der Waals surface area (Å²) in [5.74, 6) is 0.0192. The summed E-state index contributed by atoms with van der Waals surface area (Å²) in [4.78, 5) is 13.8. The van der Waals surface area contributed by atoms with Gasteiger partial charge in [-0.15, -0.1) is 12.4 Å². The van der Waals surface area contributed by atoms with Crippen molar-refractivity contribution < 1.29 is 13.2 Å². The first-order valence-corrected chi connectivity index (χ1v) is 9.01. The molecule has 5 nitrogen and oxygen atoms in total. The van der Waals surface area contributed by atoms with E-state index in [0.29, 0.717) is 6.54 Å². The zero-order chi connectivity index (χ0) is 13.7. The molecule has 118 valence electrons. The Morgan fingerprint density at radius 1 is 1.10 bits per heavy atom. The van der Waals surface area contributed by atoms with Gasteiger partial charge in [0, 0.05) is 26.1 Å². The Hall–Kier alpha value is -0.330. The quantitative estimate of drug-likeness (QED) is 0.837. The minimum absolute atomic E-state index is 0. The van der Waals surface area contributed by atoms with Gasteiger partial charge in [0.25, 0.3) is 0 Å². The molecule has 1 N–H and O–H groups in total. The van der Waals surface area contributed by atoms with Gasteiger partial charge in [-0.25, -0.2) is 8.42 Å². The molecule has 0 aromatic heterocycles. The number of halogens is 1. The fourth-order valence-corrected chi connectivity index (χ4v) is 4.74. The summed E-state index contributed by atoms with van der Waals surface area (Å²) in [6, 6.07) is 0. The molecule has 0 aromatic rings. The fourth-order valence-electron chi connectivity index (χ4n) is 2.90. The van der Waals surface area contributed by atoms with E-state index >= 15 is 0 Å². The predicted octanol–water partition coefficient (Wildman–Crippen LogP) is 0.978. The van der Waals surface area contributed by atoms with E-state index in [0.717, 1.165) is 51.7 Å². The van der Waals surface area contributed by atoms with E-state index in [2.05, 4.69) is 5.32 Å². The minimum atomic E-state index is -3.07. The first-order valence-electron chi connectivity index (χ1n) is 7.30. The van der Waals surface area contributed by atoms with Crippen molar-refractivity contribution in [1.82, 2.24) is 10.2 Å². The smallest absolute Gasteiger partial charge is 0.223 e. The first-order chi connectivity index (χ1) is 9.09. The number of hydrogen-bond donors (Lipinski definition) is 1. The number of rotatable bonds is 4. The lowest BCUT2D eigenvalue weighted by molar-refractivity contribution is -0.130. The van der Waals surface area contributed by atoms with Gasteiger partial charge in [-0.1, -0.05) is 12.8 Å². The number of nitrogens with one attached hydrogen (secondary N) is 1. The molecule has 2 aliphatic rings. The number of nitrogens with zero attached hydrogens (tertiary/aromatic N) is 1. The molecule has 0 radical (unpaired) electrons. The largest absolute Gasteiger partial charge is 0.341 e. The minimum Gasteiger partial charge on any atom is -0.341 e. The summed E-state index contributed by atoms with van der Waals surface area (Å²) in [6.45, 7) is 3.18. The van der Waals surface area contributed by atoms with E-state index in [1.165, 1.54) is 0 Å². The van der Waals surface area contributed by atoms with Crippen LogP contribution in [0.25, 0.3) is 0 Å². The van der Waals surface area contributed by atoms with E-state index in [1.807, 2.05) is 0 Å². The summed E-state index contributed by atoms with van der Waals surface area (Å²) >= 11 is 0. The normalized spacial score (nSPS) is 21.3. The van der Waals surface area contributed by atoms with E-state index in [9.17, 15) is 13.2 Å². The molecule has 1 aliphatic heterocycles. The molecule has 0 unspecified atom stereocenters. The highest BCUT2D eigenvalue weighted by atomic mass is 35.5. The maximum atomic E-state index is 12.1. The van der Waals surface area contributed by atoms with Crippen LogP contribution in [-0.4, -0.2) is 56.4 Å². The molecule has 20 heavy (non-hydrogen) atoms. The summed E-state index contributed by atoms with van der Waals surface area (Å²) in [5, 5.41) is 3.05. The van der Waals surface area contributed by atoms with Gasteiger partial charge in [-0.2, -0.15) is 0 Å². The van der Waals surface area contributed by atoms with E-state index in [-0.39, 0.29) is 35.7 Å². The molecule has 1 heterocycles. The predicted molar refractivity (Wildman–Crippen MR) is 82.0 cm³/mol. The van der Waals surface area contributed by atoms with Crippen molar-refractivity contribution in [3.8, 4) is 0 Å². The van der Waals surface area contributed by atoms with Crippen LogP contribution in [0.2, 0.25) is 0 Å². The van der Waals surface area contributed by atoms with Crippen LogP contribution in [0.5, 0.6) is 0 Å². The third kappa shape index (κ3) is 4.90. The van der Waals surface area contributed by atoms with Crippen molar-refractivity contribution in [1.29, 1.82) is 0 Å². The third-order valence-electron chi connectivity index (χ3n) is 4.10. The van der Waals surface area contributed by atoms with Crippen LogP contribution in [0.15, 0.2) is 0 Å². The molecule has 0 spiro atoms. The van der Waals surface area contributed by atoms with Crippen LogP contribution in [-0.2, 0) is 14.6 Å². The molecule has 1 amide bonds. The zero-order valence-electron chi connectivity index (χ0n) is 11.8. The molecule has 1 saturated carbocycles. The van der Waals surface area contributed by atoms with Crippen molar-refractivity contribution in [2.45, 2.75) is 43.8 Å². The van der Waals surface area contributed by atoms with Crippen molar-refractivity contribution >= 4 is 28.2 Å². The average Bonchev–Trinajstić information content (AvgIpc) is 2.80. The van der Waals surface area contributed by atoms with Crippen LogP contribution in [0, 0.1) is 0 Å². The second-order valence-corrected chi connectivity index (χ2v) is 7.91. The van der Waals surface area contributed by atoms with Gasteiger partial charge in [0.1, 0.15) is 0 Å². The molecular weight excluding hydrogens is 300 g/mol. The van der Waals surface area contributed by atoms with Crippen LogP contribution in [0.4, 0.5) is 0 Å². The first kappa shape index (κ1) is 17.7. The fraction of sp³-hybridized carbons (Fsp3) is 0.923. The average molecular weight is 325 g/mol. The number of carbonyl (C=O) groups excluding carboxylic acids is 1. The second kappa shape index (κ2) is 8.20. The number of hydrogen-bond acceptors (Lipinski definition) is 4. The van der Waals surface area contributed by atoms with Crippen molar-refractivity contribution in [2.75, 3.05) is 31.9 Å². The third-order valence-corrected chi connectivity index (χ3v) is 6.36. The van der Waals surface area contributed by atoms with Gasteiger partial charge < -0.3 is 10.2 Å². The molecule has 1 saturated heterocycles. The molecule has 0 aromatic carbocycles. The van der Waals surface area contributed by atoms with E-state index < -0.39 is 9.84 Å². The van der Waals surface area contributed by atoms with Crippen LogP contribution in [0.1, 0.15) is 38.5 Å². The lowest BCUT2D eigenvalue weighted by atomic mass is 10.3. The van der Waals surface area contributed by atoms with Gasteiger partial charge >= 0.3 is 0 Å². The summed E-state index contributed by atoms with van der Waals surface area (Å²) < 4.78 is 24.2. The molecule has 0 bridgehead atoms. The number of amides is 1. The second-order valence-electron chi connectivity index (χ2n) is 5.51. The molecular formula is C13H25ClN2O3S. The molecule has 7 heteroatoms. The zero-order valence-corrected chi connectivity index (χ0v) is 13.5. The summed E-state index contributed by atoms with van der Waals surface area (Å²) in [5.41, 5.74) is 0. The lowest BCUT2D eigenvalue weighted by Gasteiger charge is -2.20. The summed E-state index contributed by atoms with van der Waals surface area (Å²) in [6.07, 6.45) is 4.68. The Labute approximate surface area is 127 Å². The SMILES string of the molecule is Cl.O=C(CCS(=O)(=O)C1CCCC1)N1CCCNCC1. The topological polar surface area (TPSA) is 66.5 Å². The van der Waals surface area contributed by atoms with Gasteiger partial charge in [-0.3, -0.25) is 4.79 Å². The number of sulfone groups is 1. The Bertz CT molecular complexity index is 400. The number of carbonyl (C=O) groups is 1. The van der Waals surface area contributed by atoms with Crippen molar-refractivity contribution in [2.24, 2.45) is 0 Å². The van der Waals surface area contributed by atoms with Crippen LogP contribution >= 0.6 is 12.4 Å². The Balaban J connectivity index is 0.00000200. The highest BCUT2D eigenvalue weighted by molar-refractivity contribution is 7.92. The molecule has 0 atom stereocenters. The van der Waals surface area contributed by atoms with Crippen molar-refractivity contribution in [3.05, 3.63) is 0 Å². The van der Waals surface area contributed by atoms with Crippen LogP contribution < -0.4 is 5.32 Å². The highest BCUT2D eigenvalue weighted by Crippen LogP contribution is 2.25. The van der Waals surface area contributed by atoms with Crippen molar-refractivity contribution in [3.63, 3.8) is 0 Å². The van der Waals surface area contributed by atoms with Gasteiger partial charge in [0.05, 0.1) is 11.0 Å². The Morgan fingerprint density at radius 3 is 2.50 bits per heavy atom. The molecule has 1 aliphatic carbocycles. The Morgan fingerprint density at radius 2 is 1.80 bits per heavy atom. The highest BCUT2D eigenvalue weighted by Gasteiger charge is 2.29. The Kier molecular flexibility index (Phi) is 7.26. The van der Waals surface area contributed by atoms with Gasteiger partial charge in [0.2, 0.25) is 5.91 Å². The van der Waals surface area contributed by atoms with E-state index in [1.54, 1.807) is 4.90 Å². The standard InChI is InChI=1S/C13H24N2O3S.ClH/c16-13(15-9-3-7-14-8-10-15)6-11-19(17,18)12-4-1-2-5-12;/h12,14H,1-11H2;1H. The van der Waals surface area contributed by atoms with Gasteiger partial charge in [0.15, 0.2) is 9.84 Å². The van der Waals surface area contributed by atoms with E-state index in [4.69, 9.17) is 0 Å². The maximum absolute atomic E-state index is 12.1. The lowest BCUT2D eigenvalue weighted by Crippen LogP contribution is -2.35. The monoisotopic (exact) mass is 324 g/mol. The molecule has 2 fully saturated rings. The van der Waals surface area contributed by atoms with Crippen LogP contribution in [0.3, 0.4) is 0 Å². The molecule has 2 rings (SSSR count). The summed E-state index contributed by atoms with van der Waals surface area (Å²) in [7, 11) is -3.07.